The van der Waals surface area contributed by atoms with Crippen molar-refractivity contribution in [3.8, 4) is 21.7 Å². The van der Waals surface area contributed by atoms with E-state index in [-0.39, 0.29) is 6.10 Å². The molecule has 0 aliphatic carbocycles. The normalized spacial score (nSPS) is 12.5. The van der Waals surface area contributed by atoms with Crippen molar-refractivity contribution in [1.29, 1.82) is 0 Å². The lowest BCUT2D eigenvalue weighted by Crippen LogP contribution is -2.21. The van der Waals surface area contributed by atoms with Gasteiger partial charge in [0, 0.05) is 41.2 Å². The summed E-state index contributed by atoms with van der Waals surface area (Å²) in [5.41, 5.74) is 5.90. The molecular formula is C28H27ClN4O3S. The Bertz CT molecular complexity index is 1640. The maximum absolute atomic E-state index is 12.4. The highest BCUT2D eigenvalue weighted by molar-refractivity contribution is 7.22. The van der Waals surface area contributed by atoms with Crippen LogP contribution in [0.4, 0.5) is 5.82 Å². The molecule has 2 aromatic heterocycles. The molecule has 0 radical (unpaired) electrons. The van der Waals surface area contributed by atoms with Gasteiger partial charge in [-0.15, -0.1) is 11.3 Å². The number of halogens is 1. The first-order chi connectivity index (χ1) is 17.7. The summed E-state index contributed by atoms with van der Waals surface area (Å²) in [5.74, 6) is -0.228. The first-order valence-electron chi connectivity index (χ1n) is 11.9. The van der Waals surface area contributed by atoms with Crippen molar-refractivity contribution in [1.82, 2.24) is 14.8 Å². The third-order valence-electron chi connectivity index (χ3n) is 6.29. The van der Waals surface area contributed by atoms with Gasteiger partial charge in [-0.25, -0.2) is 9.78 Å². The molecule has 2 heterocycles. The van der Waals surface area contributed by atoms with Gasteiger partial charge in [-0.05, 0) is 68.3 Å². The van der Waals surface area contributed by atoms with Crippen molar-refractivity contribution in [2.45, 2.75) is 33.0 Å². The largest absolute Gasteiger partial charge is 0.479 e. The number of carbonyl (C=O) groups is 1. The van der Waals surface area contributed by atoms with Crippen molar-refractivity contribution in [3.05, 3.63) is 64.7 Å². The van der Waals surface area contributed by atoms with Gasteiger partial charge >= 0.3 is 5.97 Å². The van der Waals surface area contributed by atoms with Gasteiger partial charge in [-0.1, -0.05) is 23.7 Å². The summed E-state index contributed by atoms with van der Waals surface area (Å²) in [6, 6.07) is 15.6. The number of anilines is 1. The van der Waals surface area contributed by atoms with E-state index >= 15 is 0 Å². The van der Waals surface area contributed by atoms with Gasteiger partial charge in [0.2, 0.25) is 0 Å². The van der Waals surface area contributed by atoms with Crippen LogP contribution in [-0.4, -0.2) is 39.0 Å². The van der Waals surface area contributed by atoms with E-state index in [9.17, 15) is 9.90 Å². The van der Waals surface area contributed by atoms with E-state index in [1.807, 2.05) is 82.0 Å². The molecule has 9 heteroatoms. The molecule has 0 bridgehead atoms. The second-order valence-corrected chi connectivity index (χ2v) is 10.6. The van der Waals surface area contributed by atoms with E-state index < -0.39 is 12.1 Å². The molecule has 190 valence electrons. The molecule has 2 N–H and O–H groups in total. The zero-order chi connectivity index (χ0) is 26.4. The Morgan fingerprint density at radius 2 is 1.84 bits per heavy atom. The number of aryl methyl sites for hydroxylation is 2. The number of nitrogens with one attached hydrogen (secondary N) is 1. The highest BCUT2D eigenvalue weighted by Crippen LogP contribution is 2.44. The number of ether oxygens (including phenoxy) is 1. The first-order valence-corrected chi connectivity index (χ1v) is 13.1. The molecule has 1 atom stereocenters. The Morgan fingerprint density at radius 3 is 2.49 bits per heavy atom. The minimum absolute atomic E-state index is 0.265. The lowest BCUT2D eigenvalue weighted by molar-refractivity contribution is -0.153. The Hall–Kier alpha value is -3.46. The van der Waals surface area contributed by atoms with Crippen molar-refractivity contribution in [2.24, 2.45) is 7.05 Å². The fourth-order valence-electron chi connectivity index (χ4n) is 4.68. The molecule has 5 rings (SSSR count). The smallest absolute Gasteiger partial charge is 0.337 e. The molecule has 1 unspecified atom stereocenters. The highest BCUT2D eigenvalue weighted by atomic mass is 35.5. The molecule has 0 spiro atoms. The standard InChI is InChI=1S/C28H27ClN4O3S/c1-14(2)36-24(28(34)35)22-15(3)12-20-25(23(22)16-6-9-18(29)10-7-16)37-27(31-20)17-8-11-21-19(13-17)26(30-4)32-33(21)5/h6-14,24H,1-5H3,(H,30,32)(H,34,35). The summed E-state index contributed by atoms with van der Waals surface area (Å²) in [6.07, 6.45) is -1.38. The molecule has 37 heavy (non-hydrogen) atoms. The van der Waals surface area contributed by atoms with E-state index in [0.717, 1.165) is 54.2 Å². The van der Waals surface area contributed by atoms with E-state index in [4.69, 9.17) is 21.3 Å². The van der Waals surface area contributed by atoms with Gasteiger partial charge in [-0.3, -0.25) is 4.68 Å². The van der Waals surface area contributed by atoms with E-state index in [0.29, 0.717) is 10.6 Å². The second kappa shape index (κ2) is 9.78. The monoisotopic (exact) mass is 534 g/mol. The van der Waals surface area contributed by atoms with Crippen LogP contribution in [0.25, 0.3) is 42.8 Å². The number of carboxylic acids is 1. The predicted octanol–water partition coefficient (Wildman–Crippen LogP) is 7.07. The minimum atomic E-state index is -1.12. The van der Waals surface area contributed by atoms with Crippen LogP contribution in [0.3, 0.4) is 0 Å². The molecule has 0 saturated carbocycles. The van der Waals surface area contributed by atoms with E-state index in [1.165, 1.54) is 11.3 Å². The average Bonchev–Trinajstić information content (AvgIpc) is 3.42. The van der Waals surface area contributed by atoms with Crippen molar-refractivity contribution < 1.29 is 14.6 Å². The number of hydrogen-bond donors (Lipinski definition) is 2. The Morgan fingerprint density at radius 1 is 1.14 bits per heavy atom. The number of aliphatic carboxylic acids is 1. The van der Waals surface area contributed by atoms with Crippen LogP contribution >= 0.6 is 22.9 Å². The molecule has 0 aliphatic heterocycles. The Labute approximate surface area is 223 Å². The van der Waals surface area contributed by atoms with Crippen molar-refractivity contribution in [2.75, 3.05) is 12.4 Å². The summed E-state index contributed by atoms with van der Waals surface area (Å²) in [6.45, 7) is 5.59. The predicted molar refractivity (Wildman–Crippen MR) is 151 cm³/mol. The molecule has 7 nitrogen and oxygen atoms in total. The molecule has 0 saturated heterocycles. The summed E-state index contributed by atoms with van der Waals surface area (Å²) >= 11 is 7.72. The van der Waals surface area contributed by atoms with Crippen LogP contribution in [0.1, 0.15) is 31.1 Å². The third-order valence-corrected chi connectivity index (χ3v) is 7.68. The van der Waals surface area contributed by atoms with Gasteiger partial charge in [0.25, 0.3) is 0 Å². The van der Waals surface area contributed by atoms with Gasteiger partial charge in [0.05, 0.1) is 21.8 Å². The van der Waals surface area contributed by atoms with Gasteiger partial charge < -0.3 is 15.2 Å². The van der Waals surface area contributed by atoms with Crippen LogP contribution in [-0.2, 0) is 16.6 Å². The molecule has 5 aromatic rings. The SMILES string of the molecule is CNc1nn(C)c2ccc(-c3nc4cc(C)c(C(OC(C)C)C(=O)O)c(-c5ccc(Cl)cc5)c4s3)cc12. The lowest BCUT2D eigenvalue weighted by atomic mass is 9.91. The van der Waals surface area contributed by atoms with E-state index in [1.54, 1.807) is 0 Å². The fourth-order valence-corrected chi connectivity index (χ4v) is 5.93. The number of rotatable bonds is 7. The molecule has 3 aromatic carbocycles. The summed E-state index contributed by atoms with van der Waals surface area (Å²) in [5, 5.41) is 20.3. The first kappa shape index (κ1) is 25.2. The summed E-state index contributed by atoms with van der Waals surface area (Å²) < 4.78 is 8.67. The number of carboxylic acid groups (broad SMARTS) is 1. The van der Waals surface area contributed by atoms with E-state index in [2.05, 4.69) is 16.5 Å². The van der Waals surface area contributed by atoms with Gasteiger partial charge in [0.15, 0.2) is 11.9 Å². The number of nitrogens with zero attached hydrogens (tertiary/aromatic N) is 3. The maximum Gasteiger partial charge on any atom is 0.337 e. The highest BCUT2D eigenvalue weighted by Gasteiger charge is 2.30. The van der Waals surface area contributed by atoms with Crippen LogP contribution in [0.15, 0.2) is 48.5 Å². The topological polar surface area (TPSA) is 89.3 Å². The quantitative estimate of drug-likeness (QED) is 0.232. The maximum atomic E-state index is 12.4. The van der Waals surface area contributed by atoms with Crippen LogP contribution in [0, 0.1) is 6.92 Å². The Kier molecular flexibility index (Phi) is 6.66. The van der Waals surface area contributed by atoms with Crippen LogP contribution in [0.5, 0.6) is 0 Å². The third kappa shape index (κ3) is 4.56. The number of fused-ring (bicyclic) bond motifs is 2. The average molecular weight is 535 g/mol. The lowest BCUT2D eigenvalue weighted by Gasteiger charge is -2.22. The summed E-state index contributed by atoms with van der Waals surface area (Å²) in [7, 11) is 3.77. The zero-order valence-corrected chi connectivity index (χ0v) is 22.7. The van der Waals surface area contributed by atoms with Gasteiger partial charge in [-0.2, -0.15) is 5.10 Å². The number of benzene rings is 3. The van der Waals surface area contributed by atoms with Crippen LogP contribution in [0.2, 0.25) is 5.02 Å². The zero-order valence-electron chi connectivity index (χ0n) is 21.2. The van der Waals surface area contributed by atoms with Gasteiger partial charge in [0.1, 0.15) is 5.01 Å². The van der Waals surface area contributed by atoms with Crippen molar-refractivity contribution >= 4 is 55.8 Å². The molecule has 0 aliphatic rings. The van der Waals surface area contributed by atoms with Crippen LogP contribution < -0.4 is 5.32 Å². The van der Waals surface area contributed by atoms with Crippen molar-refractivity contribution in [3.63, 3.8) is 0 Å². The summed E-state index contributed by atoms with van der Waals surface area (Å²) in [4.78, 5) is 17.4. The second-order valence-electron chi connectivity index (χ2n) is 9.21. The molecule has 0 amide bonds. The number of hydrogen-bond acceptors (Lipinski definition) is 6. The number of thiazole rings is 1. The fraction of sp³-hybridized carbons (Fsp3) is 0.250. The molecule has 0 fully saturated rings. The Balaban J connectivity index is 1.78. The minimum Gasteiger partial charge on any atom is -0.479 e. The molecular weight excluding hydrogens is 508 g/mol. The number of aromatic nitrogens is 3.